The molecule has 0 aliphatic heterocycles. The van der Waals surface area contributed by atoms with E-state index in [0.717, 1.165) is 6.26 Å². The minimum absolute atomic E-state index is 0.191. The number of rotatable bonds is 4. The second-order valence-electron chi connectivity index (χ2n) is 3.75. The maximum absolute atomic E-state index is 11.5. The van der Waals surface area contributed by atoms with Gasteiger partial charge in [0.25, 0.3) is 0 Å². The van der Waals surface area contributed by atoms with Crippen LogP contribution in [0.1, 0.15) is 6.92 Å². The molecule has 94 valence electrons. The van der Waals surface area contributed by atoms with Crippen molar-refractivity contribution in [3.63, 3.8) is 0 Å². The van der Waals surface area contributed by atoms with Gasteiger partial charge in [-0.1, -0.05) is 12.1 Å². The van der Waals surface area contributed by atoms with Gasteiger partial charge in [-0.25, -0.2) is 8.42 Å². The van der Waals surface area contributed by atoms with Crippen LogP contribution in [0.4, 0.5) is 5.69 Å². The Morgan fingerprint density at radius 1 is 1.29 bits per heavy atom. The summed E-state index contributed by atoms with van der Waals surface area (Å²) in [5.74, 6) is -0.201. The zero-order chi connectivity index (χ0) is 13.1. The van der Waals surface area contributed by atoms with Gasteiger partial charge in [-0.2, -0.15) is 0 Å². The molecule has 5 nitrogen and oxygen atoms in total. The predicted octanol–water partition coefficient (Wildman–Crippen LogP) is 0.636. The second kappa shape index (κ2) is 5.18. The molecular formula is C11H16N2O3S. The van der Waals surface area contributed by atoms with Crippen LogP contribution in [-0.2, 0) is 14.6 Å². The Labute approximate surface area is 101 Å². The van der Waals surface area contributed by atoms with Gasteiger partial charge in [-0.15, -0.1) is 0 Å². The molecule has 0 aliphatic carbocycles. The molecule has 0 aliphatic rings. The fraction of sp³-hybridized carbons (Fsp3) is 0.364. The van der Waals surface area contributed by atoms with Gasteiger partial charge in [0.1, 0.15) is 6.04 Å². The number of hydrogen-bond acceptors (Lipinski definition) is 4. The minimum Gasteiger partial charge on any atom is -0.373 e. The highest BCUT2D eigenvalue weighted by Gasteiger charge is 2.16. The number of likely N-dealkylation sites (N-methyl/N-ethyl adjacent to an activating group) is 1. The number of carbonyl (C=O) groups is 1. The molecule has 1 aromatic rings. The lowest BCUT2D eigenvalue weighted by Crippen LogP contribution is -2.35. The summed E-state index contributed by atoms with van der Waals surface area (Å²) in [6, 6.07) is 6.01. The number of anilines is 1. The summed E-state index contributed by atoms with van der Waals surface area (Å²) in [6.45, 7) is 1.66. The molecule has 1 rings (SSSR count). The number of hydrogen-bond donors (Lipinski definition) is 2. The van der Waals surface area contributed by atoms with Gasteiger partial charge in [0.05, 0.1) is 10.6 Å². The Kier molecular flexibility index (Phi) is 4.11. The topological polar surface area (TPSA) is 75.3 Å². The van der Waals surface area contributed by atoms with Gasteiger partial charge >= 0.3 is 0 Å². The highest BCUT2D eigenvalue weighted by molar-refractivity contribution is 7.90. The van der Waals surface area contributed by atoms with E-state index in [1.807, 2.05) is 0 Å². The first-order valence-corrected chi connectivity index (χ1v) is 7.02. The normalized spacial score (nSPS) is 12.9. The molecule has 1 unspecified atom stereocenters. The Morgan fingerprint density at radius 2 is 1.88 bits per heavy atom. The molecule has 0 heterocycles. The van der Waals surface area contributed by atoms with E-state index in [-0.39, 0.29) is 10.8 Å². The van der Waals surface area contributed by atoms with Crippen LogP contribution >= 0.6 is 0 Å². The van der Waals surface area contributed by atoms with Gasteiger partial charge < -0.3 is 10.6 Å². The monoisotopic (exact) mass is 256 g/mol. The zero-order valence-electron chi connectivity index (χ0n) is 10.0. The van der Waals surface area contributed by atoms with Gasteiger partial charge in [-0.05, 0) is 19.1 Å². The zero-order valence-corrected chi connectivity index (χ0v) is 10.8. The van der Waals surface area contributed by atoms with Crippen LogP contribution in [0.2, 0.25) is 0 Å². The largest absolute Gasteiger partial charge is 0.373 e. The minimum atomic E-state index is -3.31. The van der Waals surface area contributed by atoms with Crippen molar-refractivity contribution < 1.29 is 13.2 Å². The molecule has 1 amide bonds. The maximum Gasteiger partial charge on any atom is 0.241 e. The Hall–Kier alpha value is -1.56. The first kappa shape index (κ1) is 13.5. The summed E-state index contributed by atoms with van der Waals surface area (Å²) in [4.78, 5) is 11.5. The lowest BCUT2D eigenvalue weighted by atomic mass is 10.2. The van der Waals surface area contributed by atoms with Crippen molar-refractivity contribution in [2.45, 2.75) is 17.9 Å². The molecule has 0 saturated carbocycles. The van der Waals surface area contributed by atoms with Crippen LogP contribution in [0, 0.1) is 0 Å². The maximum atomic E-state index is 11.5. The van der Waals surface area contributed by atoms with Crippen molar-refractivity contribution in [3.8, 4) is 0 Å². The molecule has 0 spiro atoms. The predicted molar refractivity (Wildman–Crippen MR) is 66.7 cm³/mol. The standard InChI is InChI=1S/C11H16N2O3S/c1-8(11(14)12-2)13-9-6-4-5-7-10(9)17(3,15)16/h4-8,13H,1-3H3,(H,12,14). The van der Waals surface area contributed by atoms with Crippen molar-refractivity contribution in [1.82, 2.24) is 5.32 Å². The summed E-state index contributed by atoms with van der Waals surface area (Å²) in [7, 11) is -1.77. The lowest BCUT2D eigenvalue weighted by Gasteiger charge is -2.15. The average Bonchev–Trinajstić information content (AvgIpc) is 2.27. The molecule has 0 saturated heterocycles. The smallest absolute Gasteiger partial charge is 0.241 e. The number of carbonyl (C=O) groups excluding carboxylic acids is 1. The van der Waals surface area contributed by atoms with Crippen LogP contribution in [0.3, 0.4) is 0 Å². The molecule has 0 aromatic heterocycles. The van der Waals surface area contributed by atoms with Gasteiger partial charge in [-0.3, -0.25) is 4.79 Å². The van der Waals surface area contributed by atoms with E-state index < -0.39 is 15.9 Å². The fourth-order valence-electron chi connectivity index (χ4n) is 1.42. The third kappa shape index (κ3) is 3.45. The van der Waals surface area contributed by atoms with E-state index in [1.165, 1.54) is 13.1 Å². The van der Waals surface area contributed by atoms with Crippen molar-refractivity contribution >= 4 is 21.4 Å². The number of sulfone groups is 1. The molecule has 1 aromatic carbocycles. The summed E-state index contributed by atoms with van der Waals surface area (Å²) < 4.78 is 23.1. The third-order valence-corrected chi connectivity index (χ3v) is 3.45. The van der Waals surface area contributed by atoms with E-state index >= 15 is 0 Å². The summed E-state index contributed by atoms with van der Waals surface area (Å²) in [6.07, 6.45) is 1.14. The molecule has 0 radical (unpaired) electrons. The Morgan fingerprint density at radius 3 is 2.41 bits per heavy atom. The Balaban J connectivity index is 3.04. The molecule has 2 N–H and O–H groups in total. The number of nitrogens with one attached hydrogen (secondary N) is 2. The molecule has 0 fully saturated rings. The quantitative estimate of drug-likeness (QED) is 0.829. The molecule has 17 heavy (non-hydrogen) atoms. The van der Waals surface area contributed by atoms with Crippen molar-refractivity contribution in [2.24, 2.45) is 0 Å². The molecule has 6 heteroatoms. The van der Waals surface area contributed by atoms with E-state index in [1.54, 1.807) is 25.1 Å². The van der Waals surface area contributed by atoms with E-state index in [9.17, 15) is 13.2 Å². The highest BCUT2D eigenvalue weighted by Crippen LogP contribution is 2.21. The summed E-state index contributed by atoms with van der Waals surface area (Å²) in [5.41, 5.74) is 0.436. The molecular weight excluding hydrogens is 240 g/mol. The van der Waals surface area contributed by atoms with Gasteiger partial charge in [0, 0.05) is 13.3 Å². The van der Waals surface area contributed by atoms with Crippen LogP contribution in [-0.4, -0.2) is 33.7 Å². The third-order valence-electron chi connectivity index (χ3n) is 2.30. The number of amides is 1. The van der Waals surface area contributed by atoms with Crippen LogP contribution in [0.15, 0.2) is 29.2 Å². The molecule has 0 bridgehead atoms. The number of benzene rings is 1. The van der Waals surface area contributed by atoms with Gasteiger partial charge in [0.15, 0.2) is 9.84 Å². The second-order valence-corrected chi connectivity index (χ2v) is 5.73. The lowest BCUT2D eigenvalue weighted by molar-refractivity contribution is -0.121. The fourth-order valence-corrected chi connectivity index (χ4v) is 2.28. The van der Waals surface area contributed by atoms with E-state index in [0.29, 0.717) is 5.69 Å². The summed E-state index contributed by atoms with van der Waals surface area (Å²) >= 11 is 0. The van der Waals surface area contributed by atoms with Crippen LogP contribution < -0.4 is 10.6 Å². The van der Waals surface area contributed by atoms with Gasteiger partial charge in [0.2, 0.25) is 5.91 Å². The van der Waals surface area contributed by atoms with E-state index in [2.05, 4.69) is 10.6 Å². The Bertz CT molecular complexity index is 511. The number of para-hydroxylation sites is 1. The van der Waals surface area contributed by atoms with Crippen molar-refractivity contribution in [2.75, 3.05) is 18.6 Å². The first-order chi connectivity index (χ1) is 7.86. The van der Waals surface area contributed by atoms with Crippen molar-refractivity contribution in [3.05, 3.63) is 24.3 Å². The molecule has 1 atom stereocenters. The van der Waals surface area contributed by atoms with Crippen LogP contribution in [0.25, 0.3) is 0 Å². The van der Waals surface area contributed by atoms with Crippen molar-refractivity contribution in [1.29, 1.82) is 0 Å². The van der Waals surface area contributed by atoms with E-state index in [4.69, 9.17) is 0 Å². The first-order valence-electron chi connectivity index (χ1n) is 5.13. The highest BCUT2D eigenvalue weighted by atomic mass is 32.2. The average molecular weight is 256 g/mol. The summed E-state index contributed by atoms with van der Waals surface area (Å²) in [5, 5.41) is 5.37. The van der Waals surface area contributed by atoms with Crippen LogP contribution in [0.5, 0.6) is 0 Å². The SMILES string of the molecule is CNC(=O)C(C)Nc1ccccc1S(C)(=O)=O.